The van der Waals surface area contributed by atoms with Crippen LogP contribution in [0.15, 0.2) is 46.9 Å². The fraction of sp³-hybridized carbons (Fsp3) is 0.250. The van der Waals surface area contributed by atoms with Crippen LogP contribution in [0.1, 0.15) is 37.1 Å². The number of benzene rings is 2. The normalized spacial score (nSPS) is 14.1. The minimum atomic E-state index is -0.217. The fourth-order valence-electron chi connectivity index (χ4n) is 2.23. The van der Waals surface area contributed by atoms with Crippen molar-refractivity contribution < 1.29 is 4.39 Å². The monoisotopic (exact) mass is 355 g/mol. The van der Waals surface area contributed by atoms with E-state index in [9.17, 15) is 4.39 Å². The van der Waals surface area contributed by atoms with Crippen molar-refractivity contribution in [2.24, 2.45) is 0 Å². The molecule has 106 valence electrons. The van der Waals surface area contributed by atoms with Crippen LogP contribution in [0.5, 0.6) is 0 Å². The highest BCUT2D eigenvalue weighted by atomic mass is 79.9. The summed E-state index contributed by atoms with van der Waals surface area (Å²) >= 11 is 9.44. The van der Waals surface area contributed by atoms with Gasteiger partial charge in [-0.05, 0) is 37.6 Å². The van der Waals surface area contributed by atoms with Crippen LogP contribution in [-0.4, -0.2) is 0 Å². The number of halogens is 3. The first-order valence-corrected chi connectivity index (χ1v) is 7.61. The van der Waals surface area contributed by atoms with Crippen molar-refractivity contribution in [3.63, 3.8) is 0 Å². The molecule has 0 spiro atoms. The van der Waals surface area contributed by atoms with Gasteiger partial charge in [0.15, 0.2) is 0 Å². The molecule has 1 unspecified atom stereocenters. The summed E-state index contributed by atoms with van der Waals surface area (Å²) in [5.41, 5.74) is 1.66. The molecule has 0 aliphatic heterocycles. The second-order valence-electron chi connectivity index (χ2n) is 4.80. The van der Waals surface area contributed by atoms with E-state index in [2.05, 4.69) is 21.2 Å². The van der Waals surface area contributed by atoms with Gasteiger partial charge in [-0.2, -0.15) is 0 Å². The molecule has 20 heavy (non-hydrogen) atoms. The summed E-state index contributed by atoms with van der Waals surface area (Å²) in [6, 6.07) is 12.7. The molecule has 0 radical (unpaired) electrons. The van der Waals surface area contributed by atoms with Gasteiger partial charge in [0.2, 0.25) is 0 Å². The van der Waals surface area contributed by atoms with Crippen molar-refractivity contribution in [2.45, 2.75) is 25.9 Å². The third kappa shape index (κ3) is 3.60. The van der Waals surface area contributed by atoms with Gasteiger partial charge in [0.25, 0.3) is 0 Å². The molecule has 0 saturated carbocycles. The van der Waals surface area contributed by atoms with Crippen LogP contribution in [-0.2, 0) is 0 Å². The first-order valence-electron chi connectivity index (χ1n) is 6.44. The third-order valence-corrected chi connectivity index (χ3v) is 4.14. The van der Waals surface area contributed by atoms with Crippen molar-refractivity contribution in [1.82, 2.24) is 5.32 Å². The van der Waals surface area contributed by atoms with Crippen molar-refractivity contribution in [2.75, 3.05) is 0 Å². The molecule has 2 aromatic carbocycles. The Hall–Kier alpha value is -0.900. The summed E-state index contributed by atoms with van der Waals surface area (Å²) in [6.45, 7) is 3.97. The predicted octanol–water partition coefficient (Wildman–Crippen LogP) is 5.65. The van der Waals surface area contributed by atoms with E-state index < -0.39 is 0 Å². The number of nitrogens with one attached hydrogen (secondary N) is 1. The molecule has 0 aromatic heterocycles. The smallest absolute Gasteiger partial charge is 0.129 e. The molecule has 0 amide bonds. The fourth-order valence-corrected chi connectivity index (χ4v) is 2.87. The van der Waals surface area contributed by atoms with Gasteiger partial charge in [0.1, 0.15) is 5.82 Å². The Morgan fingerprint density at radius 3 is 2.35 bits per heavy atom. The zero-order valence-electron chi connectivity index (χ0n) is 11.3. The summed E-state index contributed by atoms with van der Waals surface area (Å²) < 4.78 is 14.7. The van der Waals surface area contributed by atoms with Crippen LogP contribution in [0.4, 0.5) is 4.39 Å². The van der Waals surface area contributed by atoms with Gasteiger partial charge in [-0.15, -0.1) is 0 Å². The molecule has 0 aliphatic rings. The predicted molar refractivity (Wildman–Crippen MR) is 85.5 cm³/mol. The van der Waals surface area contributed by atoms with Crippen LogP contribution in [0.3, 0.4) is 0 Å². The summed E-state index contributed by atoms with van der Waals surface area (Å²) in [5, 5.41) is 4.09. The Labute approximate surface area is 132 Å². The Morgan fingerprint density at radius 1 is 1.05 bits per heavy atom. The van der Waals surface area contributed by atoms with E-state index in [1.807, 2.05) is 44.2 Å². The van der Waals surface area contributed by atoms with Crippen LogP contribution in [0, 0.1) is 5.82 Å². The van der Waals surface area contributed by atoms with Crippen LogP contribution >= 0.6 is 27.5 Å². The van der Waals surface area contributed by atoms with Crippen molar-refractivity contribution in [3.8, 4) is 0 Å². The van der Waals surface area contributed by atoms with E-state index in [-0.39, 0.29) is 17.9 Å². The highest BCUT2D eigenvalue weighted by Gasteiger charge is 2.16. The molecule has 0 heterocycles. The highest BCUT2D eigenvalue weighted by molar-refractivity contribution is 9.10. The van der Waals surface area contributed by atoms with E-state index >= 15 is 0 Å². The zero-order valence-corrected chi connectivity index (χ0v) is 13.7. The Kier molecular flexibility index (Phi) is 5.19. The standard InChI is InChI=1S/C16H16BrClFN/c1-10(13-5-3-4-6-15(13)18)20-11(2)14-8-7-12(17)9-16(14)19/h3-11,20H,1-2H3/t10-,11?/m0/s1. The zero-order chi connectivity index (χ0) is 14.7. The number of hydrogen-bond acceptors (Lipinski definition) is 1. The highest BCUT2D eigenvalue weighted by Crippen LogP contribution is 2.26. The quantitative estimate of drug-likeness (QED) is 0.746. The lowest BCUT2D eigenvalue weighted by atomic mass is 10.0. The summed E-state index contributed by atoms with van der Waals surface area (Å²) in [4.78, 5) is 0. The Bertz CT molecular complexity index is 603. The number of hydrogen-bond donors (Lipinski definition) is 1. The van der Waals surface area contributed by atoms with Gasteiger partial charge in [0.05, 0.1) is 0 Å². The maximum Gasteiger partial charge on any atom is 0.129 e. The number of rotatable bonds is 4. The minimum absolute atomic E-state index is 0.0433. The summed E-state index contributed by atoms with van der Waals surface area (Å²) in [5.74, 6) is -0.217. The van der Waals surface area contributed by atoms with Crippen LogP contribution < -0.4 is 5.32 Å². The molecule has 0 fully saturated rings. The third-order valence-electron chi connectivity index (χ3n) is 3.30. The van der Waals surface area contributed by atoms with Gasteiger partial charge >= 0.3 is 0 Å². The van der Waals surface area contributed by atoms with E-state index in [4.69, 9.17) is 11.6 Å². The topological polar surface area (TPSA) is 12.0 Å². The van der Waals surface area contributed by atoms with E-state index in [0.29, 0.717) is 5.56 Å². The molecule has 2 atom stereocenters. The average molecular weight is 357 g/mol. The molecular formula is C16H16BrClFN. The lowest BCUT2D eigenvalue weighted by molar-refractivity contribution is 0.474. The van der Waals surface area contributed by atoms with Crippen LogP contribution in [0.2, 0.25) is 5.02 Å². The molecule has 1 N–H and O–H groups in total. The molecule has 0 aliphatic carbocycles. The van der Waals surface area contributed by atoms with E-state index in [1.54, 1.807) is 6.07 Å². The Balaban J connectivity index is 2.15. The molecule has 2 aromatic rings. The molecule has 0 saturated heterocycles. The SMILES string of the molecule is CC(N[C@@H](C)c1ccccc1Cl)c1ccc(Br)cc1F. The first-order chi connectivity index (χ1) is 9.49. The van der Waals surface area contributed by atoms with Crippen molar-refractivity contribution in [1.29, 1.82) is 0 Å². The van der Waals surface area contributed by atoms with Crippen molar-refractivity contribution >= 4 is 27.5 Å². The van der Waals surface area contributed by atoms with Gasteiger partial charge in [-0.1, -0.05) is 51.8 Å². The molecule has 4 heteroatoms. The maximum atomic E-state index is 13.9. The van der Waals surface area contributed by atoms with Gasteiger partial charge in [-0.3, -0.25) is 0 Å². The first kappa shape index (κ1) is 15.5. The van der Waals surface area contributed by atoms with Gasteiger partial charge in [0, 0.05) is 27.1 Å². The van der Waals surface area contributed by atoms with E-state index in [0.717, 1.165) is 15.1 Å². The summed E-state index contributed by atoms with van der Waals surface area (Å²) in [7, 11) is 0. The van der Waals surface area contributed by atoms with Gasteiger partial charge < -0.3 is 5.32 Å². The average Bonchev–Trinajstić information content (AvgIpc) is 2.38. The minimum Gasteiger partial charge on any atom is -0.303 e. The van der Waals surface area contributed by atoms with Crippen molar-refractivity contribution in [3.05, 3.63) is 68.9 Å². The summed E-state index contributed by atoms with van der Waals surface area (Å²) in [6.07, 6.45) is 0. The lowest BCUT2D eigenvalue weighted by Crippen LogP contribution is -2.23. The second-order valence-corrected chi connectivity index (χ2v) is 6.12. The molecule has 1 nitrogen and oxygen atoms in total. The second kappa shape index (κ2) is 6.70. The largest absolute Gasteiger partial charge is 0.303 e. The van der Waals surface area contributed by atoms with E-state index in [1.165, 1.54) is 6.07 Å². The molecule has 2 rings (SSSR count). The lowest BCUT2D eigenvalue weighted by Gasteiger charge is -2.22. The van der Waals surface area contributed by atoms with Gasteiger partial charge in [-0.25, -0.2) is 4.39 Å². The molecule has 0 bridgehead atoms. The Morgan fingerprint density at radius 2 is 1.70 bits per heavy atom. The van der Waals surface area contributed by atoms with Crippen LogP contribution in [0.25, 0.3) is 0 Å². The maximum absolute atomic E-state index is 13.9. The molecular weight excluding hydrogens is 341 g/mol.